The number of hydrogen-bond acceptors (Lipinski definition) is 3. The van der Waals surface area contributed by atoms with Gasteiger partial charge >= 0.3 is 6.03 Å². The Morgan fingerprint density at radius 2 is 1.95 bits per heavy atom. The molecule has 1 saturated heterocycles. The second kappa shape index (κ2) is 6.20. The lowest BCUT2D eigenvalue weighted by Crippen LogP contribution is -2.30. The summed E-state index contributed by atoms with van der Waals surface area (Å²) in [5, 5.41) is 3.12. The number of nitrogens with one attached hydrogen (secondary N) is 1. The van der Waals surface area contributed by atoms with Crippen LogP contribution in [0.4, 0.5) is 4.79 Å². The van der Waals surface area contributed by atoms with Crippen LogP contribution in [-0.2, 0) is 4.79 Å². The molecule has 21 heavy (non-hydrogen) atoms. The Balaban J connectivity index is 2.35. The van der Waals surface area contributed by atoms with Crippen LogP contribution in [-0.4, -0.2) is 30.5 Å². The third-order valence-corrected chi connectivity index (χ3v) is 3.37. The summed E-state index contributed by atoms with van der Waals surface area (Å²) in [6, 6.07) is 2.70. The molecule has 1 aromatic carbocycles. The Morgan fingerprint density at radius 3 is 2.48 bits per heavy atom. The molecule has 1 fully saturated rings. The maximum atomic E-state index is 12.0. The molecule has 0 aliphatic carbocycles. The highest BCUT2D eigenvalue weighted by molar-refractivity contribution is 6.37. The smallest absolute Gasteiger partial charge is 0.329 e. The van der Waals surface area contributed by atoms with Gasteiger partial charge < -0.3 is 10.1 Å². The fraction of sp³-hybridized carbons (Fsp3) is 0.143. The van der Waals surface area contributed by atoms with Crippen molar-refractivity contribution < 1.29 is 14.3 Å². The second-order valence-corrected chi connectivity index (χ2v) is 5.02. The number of amides is 3. The molecular formula is C14H12Cl2N2O3. The van der Waals surface area contributed by atoms with Crippen molar-refractivity contribution in [2.24, 2.45) is 0 Å². The van der Waals surface area contributed by atoms with Crippen LogP contribution in [0.1, 0.15) is 5.56 Å². The van der Waals surface area contributed by atoms with Gasteiger partial charge in [0.2, 0.25) is 0 Å². The van der Waals surface area contributed by atoms with E-state index < -0.39 is 11.9 Å². The van der Waals surface area contributed by atoms with Gasteiger partial charge in [-0.2, -0.15) is 0 Å². The Kier molecular flexibility index (Phi) is 4.55. The molecule has 0 bridgehead atoms. The van der Waals surface area contributed by atoms with Gasteiger partial charge in [0.15, 0.2) is 5.75 Å². The van der Waals surface area contributed by atoms with Gasteiger partial charge in [0.1, 0.15) is 5.70 Å². The molecule has 0 atom stereocenters. The van der Waals surface area contributed by atoms with E-state index in [1.54, 1.807) is 12.1 Å². The van der Waals surface area contributed by atoms with E-state index in [1.165, 1.54) is 19.3 Å². The van der Waals surface area contributed by atoms with Crippen molar-refractivity contribution in [3.8, 4) is 5.75 Å². The van der Waals surface area contributed by atoms with Crippen molar-refractivity contribution in [3.05, 3.63) is 46.1 Å². The summed E-state index contributed by atoms with van der Waals surface area (Å²) in [6.45, 7) is 3.65. The molecule has 0 unspecified atom stereocenters. The molecule has 1 aromatic rings. The number of halogens is 2. The molecule has 0 aromatic heterocycles. The van der Waals surface area contributed by atoms with Gasteiger partial charge in [0.05, 0.1) is 17.2 Å². The van der Waals surface area contributed by atoms with Crippen LogP contribution in [0.25, 0.3) is 6.08 Å². The molecular weight excluding hydrogens is 315 g/mol. The highest BCUT2D eigenvalue weighted by Crippen LogP contribution is 2.34. The first kappa shape index (κ1) is 15.4. The van der Waals surface area contributed by atoms with E-state index in [4.69, 9.17) is 27.9 Å². The fourth-order valence-electron chi connectivity index (χ4n) is 1.89. The lowest BCUT2D eigenvalue weighted by atomic mass is 10.2. The highest BCUT2D eigenvalue weighted by atomic mass is 35.5. The molecule has 5 nitrogen and oxygen atoms in total. The van der Waals surface area contributed by atoms with Crippen LogP contribution in [0.2, 0.25) is 10.0 Å². The van der Waals surface area contributed by atoms with E-state index in [0.717, 1.165) is 4.90 Å². The number of ether oxygens (including phenoxy) is 1. The normalized spacial score (nSPS) is 16.3. The van der Waals surface area contributed by atoms with Gasteiger partial charge in [-0.05, 0) is 23.8 Å². The molecule has 0 spiro atoms. The van der Waals surface area contributed by atoms with Crippen LogP contribution in [0, 0.1) is 0 Å². The zero-order valence-corrected chi connectivity index (χ0v) is 12.7. The van der Waals surface area contributed by atoms with E-state index in [9.17, 15) is 9.59 Å². The van der Waals surface area contributed by atoms with Crippen LogP contribution < -0.4 is 10.1 Å². The first-order valence-corrected chi connectivity index (χ1v) is 6.72. The van der Waals surface area contributed by atoms with E-state index >= 15 is 0 Å². The molecule has 110 valence electrons. The van der Waals surface area contributed by atoms with Crippen LogP contribution in [0.5, 0.6) is 5.75 Å². The predicted octanol–water partition coefficient (Wildman–Crippen LogP) is 3.08. The van der Waals surface area contributed by atoms with Crippen LogP contribution >= 0.6 is 23.2 Å². The second-order valence-electron chi connectivity index (χ2n) is 4.21. The maximum absolute atomic E-state index is 12.0. The third kappa shape index (κ3) is 3.04. The minimum Gasteiger partial charge on any atom is -0.494 e. The van der Waals surface area contributed by atoms with Crippen molar-refractivity contribution >= 4 is 41.2 Å². The van der Waals surface area contributed by atoms with Crippen LogP contribution in [0.15, 0.2) is 30.5 Å². The largest absolute Gasteiger partial charge is 0.494 e. The molecule has 1 aliphatic heterocycles. The summed E-state index contributed by atoms with van der Waals surface area (Å²) in [7, 11) is 1.46. The summed E-state index contributed by atoms with van der Waals surface area (Å²) >= 11 is 12.1. The first-order chi connectivity index (χ1) is 9.97. The Labute approximate surface area is 131 Å². The SMILES string of the molecule is C=CCN1C(=O)N/C(=C/c2cc(Cl)c(OC)c(Cl)c2)C1=O. The molecule has 3 amide bonds. The topological polar surface area (TPSA) is 58.6 Å². The average molecular weight is 327 g/mol. The maximum Gasteiger partial charge on any atom is 0.329 e. The van der Waals surface area contributed by atoms with Gasteiger partial charge in [-0.15, -0.1) is 6.58 Å². The number of methoxy groups -OCH3 is 1. The fourth-order valence-corrected chi connectivity index (χ4v) is 2.55. The molecule has 0 saturated carbocycles. The summed E-state index contributed by atoms with van der Waals surface area (Å²) in [4.78, 5) is 24.7. The minimum atomic E-state index is -0.489. The summed E-state index contributed by atoms with van der Waals surface area (Å²) in [6.07, 6.45) is 2.97. The van der Waals surface area contributed by atoms with E-state index in [0.29, 0.717) is 21.4 Å². The Morgan fingerprint density at radius 1 is 1.33 bits per heavy atom. The number of urea groups is 1. The van der Waals surface area contributed by atoms with Crippen molar-refractivity contribution in [2.75, 3.05) is 13.7 Å². The highest BCUT2D eigenvalue weighted by Gasteiger charge is 2.32. The summed E-state index contributed by atoms with van der Waals surface area (Å²) in [5.74, 6) is -0.0708. The molecule has 2 rings (SSSR count). The van der Waals surface area contributed by atoms with Gasteiger partial charge in [-0.3, -0.25) is 9.69 Å². The van der Waals surface area contributed by atoms with Gasteiger partial charge in [-0.25, -0.2) is 4.79 Å². The van der Waals surface area contributed by atoms with Gasteiger partial charge in [-0.1, -0.05) is 29.3 Å². The van der Waals surface area contributed by atoms with Crippen molar-refractivity contribution in [1.29, 1.82) is 0 Å². The lowest BCUT2D eigenvalue weighted by molar-refractivity contribution is -0.122. The zero-order valence-electron chi connectivity index (χ0n) is 11.2. The number of nitrogens with zero attached hydrogens (tertiary/aromatic N) is 1. The van der Waals surface area contributed by atoms with E-state index in [-0.39, 0.29) is 12.2 Å². The quantitative estimate of drug-likeness (QED) is 0.525. The lowest BCUT2D eigenvalue weighted by Gasteiger charge is -2.07. The van der Waals surface area contributed by atoms with Crippen molar-refractivity contribution in [1.82, 2.24) is 10.2 Å². The monoisotopic (exact) mass is 326 g/mol. The summed E-state index contributed by atoms with van der Waals surface area (Å²) in [5.41, 5.74) is 0.731. The molecule has 7 heteroatoms. The van der Waals surface area contributed by atoms with E-state index in [1.807, 2.05) is 0 Å². The number of benzene rings is 1. The number of carbonyl (C=O) groups is 2. The molecule has 1 aliphatic rings. The minimum absolute atomic E-state index is 0.145. The third-order valence-electron chi connectivity index (χ3n) is 2.81. The molecule has 0 radical (unpaired) electrons. The number of carbonyl (C=O) groups excluding carboxylic acids is 2. The number of rotatable bonds is 4. The van der Waals surface area contributed by atoms with Crippen molar-refractivity contribution in [3.63, 3.8) is 0 Å². The Bertz CT molecular complexity index is 633. The van der Waals surface area contributed by atoms with Crippen molar-refractivity contribution in [2.45, 2.75) is 0 Å². The predicted molar refractivity (Wildman–Crippen MR) is 81.4 cm³/mol. The zero-order chi connectivity index (χ0) is 15.6. The van der Waals surface area contributed by atoms with E-state index in [2.05, 4.69) is 11.9 Å². The van der Waals surface area contributed by atoms with Gasteiger partial charge in [0.25, 0.3) is 5.91 Å². The average Bonchev–Trinajstić information content (AvgIpc) is 2.66. The number of imide groups is 1. The summed E-state index contributed by atoms with van der Waals surface area (Å²) < 4.78 is 5.05. The first-order valence-electron chi connectivity index (χ1n) is 5.96. The number of hydrogen-bond donors (Lipinski definition) is 1. The molecule has 1 heterocycles. The molecule has 1 N–H and O–H groups in total. The van der Waals surface area contributed by atoms with Crippen LogP contribution in [0.3, 0.4) is 0 Å². The Hall–Kier alpha value is -1.98. The standard InChI is InChI=1S/C14H12Cl2N2O3/c1-3-4-18-13(19)11(17-14(18)20)7-8-5-9(15)12(21-2)10(16)6-8/h3,5-7H,1,4H2,2H3,(H,17,20)/b11-7+. The van der Waals surface area contributed by atoms with Gasteiger partial charge in [0, 0.05) is 6.54 Å².